The highest BCUT2D eigenvalue weighted by atomic mass is 32.1. The molecule has 3 aromatic rings. The molecule has 1 aliphatic heterocycles. The number of carboxylic acid groups (broad SMARTS) is 1. The Bertz CT molecular complexity index is 943. The normalized spacial score (nSPS) is 16.8. The molecule has 4 rings (SSSR count). The van der Waals surface area contributed by atoms with Crippen molar-refractivity contribution in [2.45, 2.75) is 19.9 Å². The lowest BCUT2D eigenvalue weighted by atomic mass is 10.0. The molecule has 26 heavy (non-hydrogen) atoms. The summed E-state index contributed by atoms with van der Waals surface area (Å²) in [4.78, 5) is 19.4. The van der Waals surface area contributed by atoms with Gasteiger partial charge in [0.25, 0.3) is 0 Å². The summed E-state index contributed by atoms with van der Waals surface area (Å²) in [5.41, 5.74) is 5.97. The van der Waals surface area contributed by atoms with Gasteiger partial charge in [0.15, 0.2) is 0 Å². The van der Waals surface area contributed by atoms with Crippen molar-refractivity contribution in [2.75, 3.05) is 26.3 Å². The molecular formula is C19H21N3O3S. The Kier molecular flexibility index (Phi) is 4.52. The van der Waals surface area contributed by atoms with Crippen LogP contribution in [0.1, 0.15) is 34.6 Å². The van der Waals surface area contributed by atoms with E-state index in [1.807, 2.05) is 24.7 Å². The summed E-state index contributed by atoms with van der Waals surface area (Å²) < 4.78 is 7.61. The van der Waals surface area contributed by atoms with E-state index in [1.54, 1.807) is 17.4 Å². The van der Waals surface area contributed by atoms with E-state index in [4.69, 9.17) is 4.74 Å². The maximum atomic E-state index is 11.8. The molecule has 1 fully saturated rings. The van der Waals surface area contributed by atoms with Crippen LogP contribution < -0.4 is 0 Å². The third kappa shape index (κ3) is 2.92. The van der Waals surface area contributed by atoms with Gasteiger partial charge in [-0.15, -0.1) is 11.3 Å². The molecule has 3 aromatic heterocycles. The van der Waals surface area contributed by atoms with Crippen LogP contribution in [0.15, 0.2) is 30.0 Å². The largest absolute Gasteiger partial charge is 0.478 e. The van der Waals surface area contributed by atoms with E-state index in [0.29, 0.717) is 18.8 Å². The first-order valence-electron chi connectivity index (χ1n) is 8.66. The van der Waals surface area contributed by atoms with Crippen molar-refractivity contribution in [1.82, 2.24) is 14.3 Å². The van der Waals surface area contributed by atoms with Crippen LogP contribution in [0, 0.1) is 6.92 Å². The van der Waals surface area contributed by atoms with E-state index >= 15 is 0 Å². The minimum absolute atomic E-state index is 0.0995. The Morgan fingerprint density at radius 3 is 2.77 bits per heavy atom. The van der Waals surface area contributed by atoms with Gasteiger partial charge in [0.2, 0.25) is 0 Å². The average molecular weight is 371 g/mol. The van der Waals surface area contributed by atoms with E-state index in [-0.39, 0.29) is 6.04 Å². The molecule has 1 atom stereocenters. The van der Waals surface area contributed by atoms with Crippen LogP contribution in [0.2, 0.25) is 0 Å². The Morgan fingerprint density at radius 1 is 1.35 bits per heavy atom. The molecule has 6 nitrogen and oxygen atoms in total. The zero-order valence-electron chi connectivity index (χ0n) is 14.8. The van der Waals surface area contributed by atoms with Crippen molar-refractivity contribution >= 4 is 22.8 Å². The van der Waals surface area contributed by atoms with Crippen LogP contribution in [0.3, 0.4) is 0 Å². The number of carbonyl (C=O) groups is 1. The van der Waals surface area contributed by atoms with Gasteiger partial charge >= 0.3 is 5.97 Å². The van der Waals surface area contributed by atoms with Crippen molar-refractivity contribution in [3.63, 3.8) is 0 Å². The van der Waals surface area contributed by atoms with Crippen LogP contribution >= 0.6 is 11.3 Å². The number of carboxylic acids is 1. The predicted octanol–water partition coefficient (Wildman–Crippen LogP) is 3.46. The summed E-state index contributed by atoms with van der Waals surface area (Å²) in [5, 5.41) is 9.68. The number of thiazole rings is 1. The van der Waals surface area contributed by atoms with Gasteiger partial charge in [0.1, 0.15) is 0 Å². The highest BCUT2D eigenvalue weighted by molar-refractivity contribution is 7.13. The smallest absolute Gasteiger partial charge is 0.336 e. The monoisotopic (exact) mass is 371 g/mol. The van der Waals surface area contributed by atoms with Gasteiger partial charge in [-0.2, -0.15) is 0 Å². The number of aromatic nitrogens is 2. The Labute approximate surface area is 155 Å². The maximum Gasteiger partial charge on any atom is 0.336 e. The van der Waals surface area contributed by atoms with Crippen molar-refractivity contribution in [3.05, 3.63) is 46.9 Å². The number of nitrogens with zero attached hydrogens (tertiary/aromatic N) is 3. The highest BCUT2D eigenvalue weighted by Gasteiger charge is 2.25. The fourth-order valence-corrected chi connectivity index (χ4v) is 4.35. The lowest BCUT2D eigenvalue weighted by Crippen LogP contribution is -2.39. The molecule has 1 N–H and O–H groups in total. The fraction of sp³-hybridized carbons (Fsp3) is 0.368. The SMILES string of the molecule is Cc1c(C(=O)O)cc2cc(-c3cncs3)cn2c1C(C)N1CCOCC1. The number of aromatic carboxylic acids is 1. The average Bonchev–Trinajstić information content (AvgIpc) is 3.30. The van der Waals surface area contributed by atoms with Gasteiger partial charge in [-0.05, 0) is 31.5 Å². The highest BCUT2D eigenvalue weighted by Crippen LogP contribution is 2.32. The molecule has 0 bridgehead atoms. The van der Waals surface area contributed by atoms with Crippen LogP contribution in [0.5, 0.6) is 0 Å². The summed E-state index contributed by atoms with van der Waals surface area (Å²) in [6.07, 6.45) is 3.93. The Hall–Kier alpha value is -2.22. The molecule has 4 heterocycles. The second kappa shape index (κ2) is 6.83. The lowest BCUT2D eigenvalue weighted by Gasteiger charge is -2.33. The maximum absolute atomic E-state index is 11.8. The number of hydrogen-bond acceptors (Lipinski definition) is 5. The van der Waals surface area contributed by atoms with Gasteiger partial charge in [-0.3, -0.25) is 9.88 Å². The molecule has 1 saturated heterocycles. The number of ether oxygens (including phenoxy) is 1. The minimum Gasteiger partial charge on any atom is -0.478 e. The second-order valence-electron chi connectivity index (χ2n) is 6.59. The van der Waals surface area contributed by atoms with Gasteiger partial charge in [-0.25, -0.2) is 4.79 Å². The fourth-order valence-electron chi connectivity index (χ4n) is 3.74. The third-order valence-corrected chi connectivity index (χ3v) is 5.95. The first kappa shape index (κ1) is 17.2. The van der Waals surface area contributed by atoms with E-state index in [9.17, 15) is 9.90 Å². The molecule has 7 heteroatoms. The van der Waals surface area contributed by atoms with Crippen LogP contribution in [-0.2, 0) is 4.74 Å². The summed E-state index contributed by atoms with van der Waals surface area (Å²) in [6, 6.07) is 3.90. The topological polar surface area (TPSA) is 67.1 Å². The first-order chi connectivity index (χ1) is 12.6. The molecular weight excluding hydrogens is 350 g/mol. The van der Waals surface area contributed by atoms with E-state index in [0.717, 1.165) is 40.3 Å². The Balaban J connectivity index is 1.90. The van der Waals surface area contributed by atoms with Crippen LogP contribution in [-0.4, -0.2) is 51.7 Å². The first-order valence-corrected chi connectivity index (χ1v) is 9.54. The van der Waals surface area contributed by atoms with Gasteiger partial charge in [-0.1, -0.05) is 0 Å². The Morgan fingerprint density at radius 2 is 2.12 bits per heavy atom. The third-order valence-electron chi connectivity index (χ3n) is 5.13. The molecule has 0 amide bonds. The number of pyridine rings is 1. The van der Waals surface area contributed by atoms with Crippen LogP contribution in [0.25, 0.3) is 16.0 Å². The second-order valence-corrected chi connectivity index (χ2v) is 7.47. The summed E-state index contributed by atoms with van der Waals surface area (Å²) >= 11 is 1.58. The zero-order valence-corrected chi connectivity index (χ0v) is 15.6. The quantitative estimate of drug-likeness (QED) is 0.761. The van der Waals surface area contributed by atoms with E-state index < -0.39 is 5.97 Å². The summed E-state index contributed by atoms with van der Waals surface area (Å²) in [7, 11) is 0. The van der Waals surface area contributed by atoms with Crippen molar-refractivity contribution in [1.29, 1.82) is 0 Å². The lowest BCUT2D eigenvalue weighted by molar-refractivity contribution is 0.0187. The number of hydrogen-bond donors (Lipinski definition) is 1. The number of rotatable bonds is 4. The van der Waals surface area contributed by atoms with E-state index in [2.05, 4.69) is 27.4 Å². The van der Waals surface area contributed by atoms with Gasteiger partial charge in [0.05, 0.1) is 29.2 Å². The zero-order chi connectivity index (χ0) is 18.3. The van der Waals surface area contributed by atoms with Crippen LogP contribution in [0.4, 0.5) is 0 Å². The molecule has 1 unspecified atom stereocenters. The summed E-state index contributed by atoms with van der Waals surface area (Å²) in [5.74, 6) is -0.888. The molecule has 1 aliphatic rings. The van der Waals surface area contributed by atoms with Gasteiger partial charge < -0.3 is 14.2 Å². The number of fused-ring (bicyclic) bond motifs is 1. The summed E-state index contributed by atoms with van der Waals surface area (Å²) in [6.45, 7) is 7.17. The molecule has 0 spiro atoms. The van der Waals surface area contributed by atoms with Crippen molar-refractivity contribution in [3.8, 4) is 10.4 Å². The van der Waals surface area contributed by atoms with Crippen molar-refractivity contribution in [2.24, 2.45) is 0 Å². The predicted molar refractivity (Wildman–Crippen MR) is 101 cm³/mol. The molecule has 0 aromatic carbocycles. The number of morpholine rings is 1. The molecule has 0 radical (unpaired) electrons. The van der Waals surface area contributed by atoms with E-state index in [1.165, 1.54) is 0 Å². The van der Waals surface area contributed by atoms with Crippen molar-refractivity contribution < 1.29 is 14.6 Å². The molecule has 0 aliphatic carbocycles. The van der Waals surface area contributed by atoms with Gasteiger partial charge in [0, 0.05) is 48.3 Å². The minimum atomic E-state index is -0.888. The molecule has 136 valence electrons. The molecule has 0 saturated carbocycles. The standard InChI is InChI=1S/C19H21N3O3S/c1-12-16(19(23)24)8-15-7-14(17-9-20-11-26-17)10-22(15)18(12)13(2)21-3-5-25-6-4-21/h7-11,13H,3-6H2,1-2H3,(H,23,24).